The molecule has 1 fully saturated rings. The van der Waals surface area contributed by atoms with Crippen molar-refractivity contribution in [3.63, 3.8) is 0 Å². The van der Waals surface area contributed by atoms with Crippen LogP contribution in [0, 0.1) is 5.41 Å². The van der Waals surface area contributed by atoms with E-state index in [1.807, 2.05) is 44.2 Å². The molecule has 1 aromatic carbocycles. The van der Waals surface area contributed by atoms with Crippen molar-refractivity contribution in [3.05, 3.63) is 35.5 Å². The van der Waals surface area contributed by atoms with Crippen molar-refractivity contribution in [2.24, 2.45) is 5.41 Å². The van der Waals surface area contributed by atoms with Gasteiger partial charge in [-0.25, -0.2) is 0 Å². The maximum Gasteiger partial charge on any atom is 0.249 e. The highest BCUT2D eigenvalue weighted by molar-refractivity contribution is 5.89. The van der Waals surface area contributed by atoms with Gasteiger partial charge in [0, 0.05) is 5.70 Å². The Labute approximate surface area is 132 Å². The van der Waals surface area contributed by atoms with Gasteiger partial charge in [-0.2, -0.15) is 0 Å². The minimum Gasteiger partial charge on any atom is -0.494 e. The molecule has 2 N–H and O–H groups in total. The number of rotatable bonds is 7. The van der Waals surface area contributed by atoms with Crippen LogP contribution < -0.4 is 15.6 Å². The second-order valence-electron chi connectivity index (χ2n) is 6.24. The molecular formula is C18H26N2O2. The first-order chi connectivity index (χ1) is 10.5. The van der Waals surface area contributed by atoms with Crippen molar-refractivity contribution in [2.45, 2.75) is 46.5 Å². The van der Waals surface area contributed by atoms with Crippen LogP contribution in [0.1, 0.15) is 52.0 Å². The van der Waals surface area contributed by atoms with E-state index in [0.717, 1.165) is 30.0 Å². The van der Waals surface area contributed by atoms with Gasteiger partial charge in [0.1, 0.15) is 5.75 Å². The number of hydrogen-bond acceptors (Lipinski definition) is 3. The Morgan fingerprint density at radius 3 is 2.41 bits per heavy atom. The summed E-state index contributed by atoms with van der Waals surface area (Å²) < 4.78 is 5.73. The molecule has 1 amide bonds. The highest BCUT2D eigenvalue weighted by Crippen LogP contribution is 2.29. The molecule has 1 saturated heterocycles. The number of unbranched alkanes of at least 4 members (excludes halogenated alkanes) is 3. The van der Waals surface area contributed by atoms with Gasteiger partial charge in [-0.3, -0.25) is 10.2 Å². The summed E-state index contributed by atoms with van der Waals surface area (Å²) in [5.74, 6) is 0.886. The number of benzene rings is 1. The topological polar surface area (TPSA) is 50.4 Å². The molecule has 0 aromatic heterocycles. The standard InChI is InChI=1S/C18H26N2O2/c1-4-5-6-7-12-22-15-10-8-14(9-11-15)13-16-18(2,3)17(21)20-19-16/h8-11,13,19H,4-7,12H2,1-3H3,(H,20,21)/b16-13-. The molecule has 0 bridgehead atoms. The fourth-order valence-electron chi connectivity index (χ4n) is 2.32. The first-order valence-corrected chi connectivity index (χ1v) is 8.05. The van der Waals surface area contributed by atoms with E-state index in [1.54, 1.807) is 0 Å². The van der Waals surface area contributed by atoms with Crippen LogP contribution >= 0.6 is 0 Å². The van der Waals surface area contributed by atoms with E-state index in [1.165, 1.54) is 19.3 Å². The molecule has 0 unspecified atom stereocenters. The first kappa shape index (κ1) is 16.4. The molecular weight excluding hydrogens is 276 g/mol. The molecule has 0 atom stereocenters. The molecule has 0 spiro atoms. The SMILES string of the molecule is CCCCCCOc1ccc(/C=C2\NNC(=O)C2(C)C)cc1. The Balaban J connectivity index is 1.91. The Morgan fingerprint density at radius 1 is 1.09 bits per heavy atom. The summed E-state index contributed by atoms with van der Waals surface area (Å²) in [5.41, 5.74) is 7.01. The first-order valence-electron chi connectivity index (χ1n) is 8.05. The number of amides is 1. The number of nitrogens with one attached hydrogen (secondary N) is 2. The zero-order valence-electron chi connectivity index (χ0n) is 13.7. The highest BCUT2D eigenvalue weighted by Gasteiger charge is 2.37. The Hall–Kier alpha value is -1.97. The lowest BCUT2D eigenvalue weighted by molar-refractivity contribution is -0.125. The molecule has 4 heteroatoms. The van der Waals surface area contributed by atoms with E-state index in [-0.39, 0.29) is 5.91 Å². The molecule has 120 valence electrons. The van der Waals surface area contributed by atoms with Gasteiger partial charge in [-0.1, -0.05) is 38.3 Å². The zero-order chi connectivity index (χ0) is 16.0. The Bertz CT molecular complexity index is 533. The summed E-state index contributed by atoms with van der Waals surface area (Å²) in [7, 11) is 0. The highest BCUT2D eigenvalue weighted by atomic mass is 16.5. The van der Waals surface area contributed by atoms with E-state index >= 15 is 0 Å². The van der Waals surface area contributed by atoms with Crippen LogP contribution in [0.3, 0.4) is 0 Å². The molecule has 0 aliphatic carbocycles. The fourth-order valence-corrected chi connectivity index (χ4v) is 2.32. The summed E-state index contributed by atoms with van der Waals surface area (Å²) in [4.78, 5) is 11.7. The predicted molar refractivity (Wildman–Crippen MR) is 89.1 cm³/mol. The van der Waals surface area contributed by atoms with Crippen LogP contribution in [0.2, 0.25) is 0 Å². The van der Waals surface area contributed by atoms with Crippen LogP contribution in [0.25, 0.3) is 6.08 Å². The van der Waals surface area contributed by atoms with Crippen molar-refractivity contribution in [1.29, 1.82) is 0 Å². The Kier molecular flexibility index (Phi) is 5.47. The van der Waals surface area contributed by atoms with Crippen LogP contribution in [-0.4, -0.2) is 12.5 Å². The van der Waals surface area contributed by atoms with Crippen molar-refractivity contribution in [3.8, 4) is 5.75 Å². The van der Waals surface area contributed by atoms with Crippen LogP contribution in [-0.2, 0) is 4.79 Å². The Morgan fingerprint density at radius 2 is 1.82 bits per heavy atom. The molecule has 1 aliphatic heterocycles. The van der Waals surface area contributed by atoms with Crippen molar-refractivity contribution in [2.75, 3.05) is 6.61 Å². The number of ether oxygens (including phenoxy) is 1. The largest absolute Gasteiger partial charge is 0.494 e. The number of hydrazine groups is 1. The summed E-state index contributed by atoms with van der Waals surface area (Å²) >= 11 is 0. The number of hydrogen-bond donors (Lipinski definition) is 2. The van der Waals surface area contributed by atoms with Gasteiger partial charge in [-0.15, -0.1) is 0 Å². The normalized spacial score (nSPS) is 18.1. The minimum absolute atomic E-state index is 0.00853. The van der Waals surface area contributed by atoms with Gasteiger partial charge in [0.2, 0.25) is 5.91 Å². The molecule has 4 nitrogen and oxygen atoms in total. The average Bonchev–Trinajstić information content (AvgIpc) is 2.75. The van der Waals surface area contributed by atoms with Gasteiger partial charge >= 0.3 is 0 Å². The van der Waals surface area contributed by atoms with E-state index in [2.05, 4.69) is 17.8 Å². The number of carbonyl (C=O) groups excluding carboxylic acids is 1. The van der Waals surface area contributed by atoms with E-state index in [0.29, 0.717) is 0 Å². The lowest BCUT2D eigenvalue weighted by atomic mass is 9.89. The van der Waals surface area contributed by atoms with Crippen molar-refractivity contribution >= 4 is 12.0 Å². The second-order valence-corrected chi connectivity index (χ2v) is 6.24. The predicted octanol–water partition coefficient (Wildman–Crippen LogP) is 3.65. The smallest absolute Gasteiger partial charge is 0.249 e. The van der Waals surface area contributed by atoms with Crippen LogP contribution in [0.4, 0.5) is 0 Å². The molecule has 1 aliphatic rings. The molecule has 22 heavy (non-hydrogen) atoms. The van der Waals surface area contributed by atoms with Gasteiger partial charge < -0.3 is 10.2 Å². The molecule has 0 saturated carbocycles. The van der Waals surface area contributed by atoms with E-state index in [4.69, 9.17) is 4.74 Å². The minimum atomic E-state index is -0.519. The summed E-state index contributed by atoms with van der Waals surface area (Å²) in [6, 6.07) is 7.97. The van der Waals surface area contributed by atoms with Gasteiger partial charge in [0.05, 0.1) is 12.0 Å². The third-order valence-electron chi connectivity index (χ3n) is 4.01. The third kappa shape index (κ3) is 4.03. The maximum atomic E-state index is 11.7. The fraction of sp³-hybridized carbons (Fsp3) is 0.500. The third-order valence-corrected chi connectivity index (χ3v) is 4.01. The average molecular weight is 302 g/mol. The molecule has 2 rings (SSSR count). The van der Waals surface area contributed by atoms with Gasteiger partial charge in [0.15, 0.2) is 0 Å². The van der Waals surface area contributed by atoms with E-state index < -0.39 is 5.41 Å². The van der Waals surface area contributed by atoms with Crippen LogP contribution in [0.5, 0.6) is 5.75 Å². The number of carbonyl (C=O) groups is 1. The summed E-state index contributed by atoms with van der Waals surface area (Å²) in [6.45, 7) is 6.79. The second kappa shape index (κ2) is 7.34. The molecule has 1 heterocycles. The monoisotopic (exact) mass is 302 g/mol. The van der Waals surface area contributed by atoms with Gasteiger partial charge in [-0.05, 0) is 44.0 Å². The molecule has 0 radical (unpaired) electrons. The lowest BCUT2D eigenvalue weighted by Gasteiger charge is -2.14. The van der Waals surface area contributed by atoms with Crippen LogP contribution in [0.15, 0.2) is 30.0 Å². The quantitative estimate of drug-likeness (QED) is 0.756. The summed E-state index contributed by atoms with van der Waals surface area (Å²) in [5, 5.41) is 0. The molecule has 1 aromatic rings. The van der Waals surface area contributed by atoms with Crippen molar-refractivity contribution in [1.82, 2.24) is 10.9 Å². The van der Waals surface area contributed by atoms with E-state index in [9.17, 15) is 4.79 Å². The van der Waals surface area contributed by atoms with Crippen molar-refractivity contribution < 1.29 is 9.53 Å². The summed E-state index contributed by atoms with van der Waals surface area (Å²) in [6.07, 6.45) is 6.83. The maximum absolute atomic E-state index is 11.7. The van der Waals surface area contributed by atoms with Gasteiger partial charge in [0.25, 0.3) is 0 Å². The zero-order valence-corrected chi connectivity index (χ0v) is 13.7. The lowest BCUT2D eigenvalue weighted by Crippen LogP contribution is -2.28.